The van der Waals surface area contributed by atoms with Gasteiger partial charge in [0.05, 0.1) is 5.54 Å². The minimum absolute atomic E-state index is 0.155. The second-order valence-electron chi connectivity index (χ2n) is 12.3. The molecule has 4 aliphatic rings. The number of alkyl halides is 1. The molecule has 4 fully saturated rings. The Morgan fingerprint density at radius 3 is 2.71 bits per heavy atom. The van der Waals surface area contributed by atoms with E-state index in [2.05, 4.69) is 20.1 Å². The van der Waals surface area contributed by atoms with Crippen LogP contribution in [-0.2, 0) is 0 Å². The summed E-state index contributed by atoms with van der Waals surface area (Å²) in [6.45, 7) is 3.36. The van der Waals surface area contributed by atoms with Crippen LogP contribution in [0, 0.1) is 5.82 Å². The van der Waals surface area contributed by atoms with Gasteiger partial charge in [-0.15, -0.1) is 0 Å². The Balaban J connectivity index is 1.26. The first-order chi connectivity index (χ1) is 20.0. The van der Waals surface area contributed by atoms with Crippen LogP contribution in [0.25, 0.3) is 32.8 Å². The quantitative estimate of drug-likeness (QED) is 0.333. The maximum atomic E-state index is 16.7. The molecule has 3 N–H and O–H groups in total. The van der Waals surface area contributed by atoms with Gasteiger partial charge in [0, 0.05) is 54.8 Å². The Labute approximate surface area is 237 Å². The molecule has 41 heavy (non-hydrogen) atoms. The van der Waals surface area contributed by atoms with Gasteiger partial charge >= 0.3 is 6.01 Å². The lowest BCUT2D eigenvalue weighted by atomic mass is 9.95. The van der Waals surface area contributed by atoms with Gasteiger partial charge < -0.3 is 20.7 Å². The number of nitrogen functional groups attached to an aromatic ring is 1. The van der Waals surface area contributed by atoms with E-state index in [1.54, 1.807) is 0 Å². The van der Waals surface area contributed by atoms with Gasteiger partial charge in [-0.1, -0.05) is 30.3 Å². The maximum absolute atomic E-state index is 16.7. The SMILES string of the molecule is Nc1cc(-c2ccc3c(N4C5CCC4CNC5)nc(OC[C@@]45CCCN4C[C@H](F)C5)nc3c2F)c2ccccc2c1. The first-order valence-electron chi connectivity index (χ1n) is 14.8. The number of nitrogens with two attached hydrogens (primary N) is 1. The molecule has 5 heterocycles. The summed E-state index contributed by atoms with van der Waals surface area (Å²) in [5.41, 5.74) is 7.89. The molecule has 3 aromatic carbocycles. The first-order valence-corrected chi connectivity index (χ1v) is 14.8. The molecular formula is C32H34F2N6O. The van der Waals surface area contributed by atoms with Gasteiger partial charge in [0.15, 0.2) is 5.82 Å². The van der Waals surface area contributed by atoms with E-state index in [4.69, 9.17) is 15.5 Å². The third-order valence-corrected chi connectivity index (χ3v) is 9.80. The lowest BCUT2D eigenvalue weighted by molar-refractivity contribution is 0.107. The van der Waals surface area contributed by atoms with Crippen molar-refractivity contribution in [3.8, 4) is 17.1 Å². The zero-order valence-corrected chi connectivity index (χ0v) is 23.0. The van der Waals surface area contributed by atoms with Crippen LogP contribution in [0.1, 0.15) is 32.1 Å². The zero-order chi connectivity index (χ0) is 27.7. The molecule has 0 saturated carbocycles. The molecule has 4 saturated heterocycles. The van der Waals surface area contributed by atoms with Gasteiger partial charge in [0.1, 0.15) is 24.1 Å². The lowest BCUT2D eigenvalue weighted by Crippen LogP contribution is -2.52. The van der Waals surface area contributed by atoms with Crippen molar-refractivity contribution < 1.29 is 13.5 Å². The topological polar surface area (TPSA) is 79.5 Å². The number of nitrogens with zero attached hydrogens (tertiary/aromatic N) is 4. The summed E-state index contributed by atoms with van der Waals surface area (Å²) in [6.07, 6.45) is 3.64. The van der Waals surface area contributed by atoms with Crippen LogP contribution in [0.5, 0.6) is 6.01 Å². The van der Waals surface area contributed by atoms with E-state index >= 15 is 4.39 Å². The molecule has 4 atom stereocenters. The highest BCUT2D eigenvalue weighted by molar-refractivity contribution is 6.02. The fourth-order valence-corrected chi connectivity index (χ4v) is 7.92. The highest BCUT2D eigenvalue weighted by Crippen LogP contribution is 2.42. The van der Waals surface area contributed by atoms with E-state index in [-0.39, 0.29) is 29.1 Å². The molecule has 4 aliphatic heterocycles. The standard InChI is InChI=1S/C32H34F2N6O/c33-20-14-32(10-3-11-39(32)17-20)18-41-31-37-29-26(30(38-31)40-22-6-7-23(40)16-36-15-22)9-8-25(28(29)34)27-13-21(35)12-19-4-1-2-5-24(19)27/h1-2,4-5,8-9,12-13,20,22-23,36H,3,6-7,10-11,14-18,35H2/t20-,22?,23?,32+/m1/s1. The number of fused-ring (bicyclic) bond motifs is 5. The van der Waals surface area contributed by atoms with Crippen molar-refractivity contribution in [1.29, 1.82) is 0 Å². The third-order valence-electron chi connectivity index (χ3n) is 9.80. The van der Waals surface area contributed by atoms with Gasteiger partial charge in [-0.25, -0.2) is 8.78 Å². The summed E-state index contributed by atoms with van der Waals surface area (Å²) in [7, 11) is 0. The second kappa shape index (κ2) is 9.49. The third kappa shape index (κ3) is 4.04. The van der Waals surface area contributed by atoms with Crippen LogP contribution in [-0.4, -0.2) is 71.4 Å². The Bertz CT molecular complexity index is 1650. The Morgan fingerprint density at radius 1 is 1.02 bits per heavy atom. The number of anilines is 2. The van der Waals surface area contributed by atoms with E-state index < -0.39 is 12.0 Å². The van der Waals surface area contributed by atoms with Crippen LogP contribution in [0.15, 0.2) is 48.5 Å². The molecular weight excluding hydrogens is 522 g/mol. The van der Waals surface area contributed by atoms with E-state index in [0.717, 1.165) is 67.5 Å². The van der Waals surface area contributed by atoms with Crippen molar-refractivity contribution >= 4 is 33.2 Å². The van der Waals surface area contributed by atoms with Crippen molar-refractivity contribution in [1.82, 2.24) is 20.2 Å². The van der Waals surface area contributed by atoms with Gasteiger partial charge in [-0.05, 0) is 66.8 Å². The van der Waals surface area contributed by atoms with Crippen molar-refractivity contribution in [2.24, 2.45) is 0 Å². The Morgan fingerprint density at radius 2 is 1.85 bits per heavy atom. The summed E-state index contributed by atoms with van der Waals surface area (Å²) < 4.78 is 37.4. The molecule has 0 radical (unpaired) electrons. The van der Waals surface area contributed by atoms with Crippen LogP contribution >= 0.6 is 0 Å². The van der Waals surface area contributed by atoms with Crippen LogP contribution in [0.4, 0.5) is 20.3 Å². The van der Waals surface area contributed by atoms with Crippen LogP contribution in [0.3, 0.4) is 0 Å². The lowest BCUT2D eigenvalue weighted by Gasteiger charge is -2.37. The summed E-state index contributed by atoms with van der Waals surface area (Å²) in [6, 6.07) is 16.1. The fraction of sp³-hybridized carbons (Fsp3) is 0.438. The maximum Gasteiger partial charge on any atom is 0.319 e. The molecule has 0 amide bonds. The number of hydrogen-bond donors (Lipinski definition) is 2. The molecule has 212 valence electrons. The predicted octanol–water partition coefficient (Wildman–Crippen LogP) is 5.07. The summed E-state index contributed by atoms with van der Waals surface area (Å²) in [4.78, 5) is 14.2. The van der Waals surface area contributed by atoms with E-state index in [9.17, 15) is 4.39 Å². The average Bonchev–Trinajstić information content (AvgIpc) is 3.58. The average molecular weight is 557 g/mol. The molecule has 2 bridgehead atoms. The number of aromatic nitrogens is 2. The summed E-state index contributed by atoms with van der Waals surface area (Å²) in [5.74, 6) is 0.303. The predicted molar refractivity (Wildman–Crippen MR) is 158 cm³/mol. The highest BCUT2D eigenvalue weighted by Gasteiger charge is 2.49. The monoisotopic (exact) mass is 556 g/mol. The van der Waals surface area contributed by atoms with E-state index in [1.807, 2.05) is 48.5 Å². The number of piperazine rings is 1. The smallest absolute Gasteiger partial charge is 0.319 e. The van der Waals surface area contributed by atoms with Crippen LogP contribution in [0.2, 0.25) is 0 Å². The second-order valence-corrected chi connectivity index (χ2v) is 12.3. The Kier molecular flexibility index (Phi) is 5.83. The fourth-order valence-electron chi connectivity index (χ4n) is 7.92. The normalized spacial score (nSPS) is 27.7. The summed E-state index contributed by atoms with van der Waals surface area (Å²) in [5, 5.41) is 6.08. The number of hydrogen-bond acceptors (Lipinski definition) is 7. The number of halogens is 2. The zero-order valence-electron chi connectivity index (χ0n) is 23.0. The van der Waals surface area contributed by atoms with E-state index in [1.165, 1.54) is 0 Å². The number of nitrogens with one attached hydrogen (secondary N) is 1. The molecule has 0 aliphatic carbocycles. The molecule has 7 nitrogen and oxygen atoms in total. The number of rotatable bonds is 5. The van der Waals surface area contributed by atoms with E-state index in [0.29, 0.717) is 36.2 Å². The summed E-state index contributed by atoms with van der Waals surface area (Å²) >= 11 is 0. The van der Waals surface area contributed by atoms with Crippen molar-refractivity contribution in [2.75, 3.05) is 43.4 Å². The van der Waals surface area contributed by atoms with Gasteiger partial charge in [-0.2, -0.15) is 9.97 Å². The molecule has 0 spiro atoms. The van der Waals surface area contributed by atoms with Gasteiger partial charge in [-0.3, -0.25) is 4.90 Å². The Hall–Kier alpha value is -3.56. The van der Waals surface area contributed by atoms with Crippen molar-refractivity contribution in [2.45, 2.75) is 55.9 Å². The number of benzene rings is 3. The van der Waals surface area contributed by atoms with Gasteiger partial charge in [0.25, 0.3) is 0 Å². The molecule has 1 aromatic heterocycles. The molecule has 8 rings (SSSR count). The molecule has 4 aromatic rings. The molecule has 2 unspecified atom stereocenters. The van der Waals surface area contributed by atoms with Gasteiger partial charge in [0.2, 0.25) is 0 Å². The largest absolute Gasteiger partial charge is 0.461 e. The highest BCUT2D eigenvalue weighted by atomic mass is 19.1. The first kappa shape index (κ1) is 25.2. The minimum Gasteiger partial charge on any atom is -0.461 e. The van der Waals surface area contributed by atoms with Crippen LogP contribution < -0.4 is 20.7 Å². The van der Waals surface area contributed by atoms with Crippen molar-refractivity contribution in [3.63, 3.8) is 0 Å². The molecule has 9 heteroatoms. The number of ether oxygens (including phenoxy) is 1. The van der Waals surface area contributed by atoms with Crippen molar-refractivity contribution in [3.05, 3.63) is 54.3 Å². The minimum atomic E-state index is -0.850.